The second kappa shape index (κ2) is 10.9. The molecular weight excluding hydrogens is 384 g/mol. The van der Waals surface area contributed by atoms with Crippen molar-refractivity contribution < 1.29 is 28.5 Å². The molecule has 0 amide bonds. The molecule has 2 aliphatic heterocycles. The summed E-state index contributed by atoms with van der Waals surface area (Å²) in [6, 6.07) is 0. The van der Waals surface area contributed by atoms with E-state index < -0.39 is 11.6 Å². The zero-order valence-corrected chi connectivity index (χ0v) is 19.3. The number of hydrogen-bond acceptors (Lipinski definition) is 6. The van der Waals surface area contributed by atoms with Crippen LogP contribution in [-0.2, 0) is 28.5 Å². The topological polar surface area (TPSA) is 71.1 Å². The molecule has 0 N–H and O–H groups in total. The minimum absolute atomic E-state index is 0.237. The van der Waals surface area contributed by atoms with E-state index in [1.54, 1.807) is 27.7 Å². The zero-order valence-electron chi connectivity index (χ0n) is 19.3. The predicted molar refractivity (Wildman–Crippen MR) is 114 cm³/mol. The third-order valence-electron chi connectivity index (χ3n) is 5.26. The van der Waals surface area contributed by atoms with Gasteiger partial charge in [-0.25, -0.2) is 9.59 Å². The number of carbonyl (C=O) groups is 2. The van der Waals surface area contributed by atoms with Crippen molar-refractivity contribution >= 4 is 11.9 Å². The van der Waals surface area contributed by atoms with Gasteiger partial charge in [-0.2, -0.15) is 0 Å². The average molecular weight is 423 g/mol. The first-order chi connectivity index (χ1) is 14.1. The first kappa shape index (κ1) is 24.3. The van der Waals surface area contributed by atoms with E-state index in [2.05, 4.69) is 0 Å². The summed E-state index contributed by atoms with van der Waals surface area (Å²) in [6.07, 6.45) is 13.3. The van der Waals surface area contributed by atoms with Crippen LogP contribution in [0.1, 0.15) is 105 Å². The van der Waals surface area contributed by atoms with Gasteiger partial charge in [0.1, 0.15) is 11.5 Å². The second-order valence-corrected chi connectivity index (χ2v) is 9.14. The van der Waals surface area contributed by atoms with E-state index in [1.807, 2.05) is 6.92 Å². The van der Waals surface area contributed by atoms with E-state index in [0.717, 1.165) is 44.3 Å². The predicted octanol–water partition coefficient (Wildman–Crippen LogP) is 6.05. The largest absolute Gasteiger partial charge is 0.457 e. The van der Waals surface area contributed by atoms with Gasteiger partial charge < -0.3 is 18.9 Å². The molecule has 0 aliphatic carbocycles. The standard InChI is InChI=1S/C24H38O6/c1-18-20(22(26)30-23(2,3)27-18)16-14-12-10-8-6-7-9-11-13-15-19-17-21(25)29-24(4,5)28-19/h17H,6-16H2,1-5H3. The van der Waals surface area contributed by atoms with E-state index >= 15 is 0 Å². The van der Waals surface area contributed by atoms with Crippen molar-refractivity contribution in [3.8, 4) is 0 Å². The number of hydrogen-bond donors (Lipinski definition) is 0. The average Bonchev–Trinajstić information content (AvgIpc) is 2.58. The molecule has 6 heteroatoms. The molecule has 6 nitrogen and oxygen atoms in total. The summed E-state index contributed by atoms with van der Waals surface area (Å²) in [7, 11) is 0. The molecule has 2 heterocycles. The Morgan fingerprint density at radius 2 is 1.17 bits per heavy atom. The highest BCUT2D eigenvalue weighted by Gasteiger charge is 2.33. The van der Waals surface area contributed by atoms with Crippen molar-refractivity contribution in [3.05, 3.63) is 23.2 Å². The van der Waals surface area contributed by atoms with Gasteiger partial charge >= 0.3 is 11.9 Å². The lowest BCUT2D eigenvalue weighted by molar-refractivity contribution is -0.208. The summed E-state index contributed by atoms with van der Waals surface area (Å²) in [5, 5.41) is 0. The number of allylic oxidation sites excluding steroid dienone is 2. The molecular formula is C24H38O6. The van der Waals surface area contributed by atoms with E-state index in [9.17, 15) is 9.59 Å². The Kier molecular flexibility index (Phi) is 8.80. The van der Waals surface area contributed by atoms with Gasteiger partial charge in [0.2, 0.25) is 11.6 Å². The van der Waals surface area contributed by atoms with Crippen LogP contribution >= 0.6 is 0 Å². The Bertz CT molecular complexity index is 671. The molecule has 170 valence electrons. The number of unbranched alkanes of at least 4 members (excludes halogenated alkanes) is 8. The third kappa shape index (κ3) is 8.41. The minimum atomic E-state index is -0.854. The van der Waals surface area contributed by atoms with Gasteiger partial charge in [0.05, 0.1) is 11.6 Å². The third-order valence-corrected chi connectivity index (χ3v) is 5.26. The molecule has 2 aliphatic rings. The van der Waals surface area contributed by atoms with E-state index in [1.165, 1.54) is 38.2 Å². The van der Waals surface area contributed by atoms with Crippen LogP contribution in [0.25, 0.3) is 0 Å². The van der Waals surface area contributed by atoms with Crippen molar-refractivity contribution in [1.82, 2.24) is 0 Å². The van der Waals surface area contributed by atoms with Crippen molar-refractivity contribution in [2.45, 2.75) is 117 Å². The van der Waals surface area contributed by atoms with Crippen LogP contribution in [0, 0.1) is 0 Å². The lowest BCUT2D eigenvalue weighted by Crippen LogP contribution is -2.36. The Labute approximate surface area is 181 Å². The number of cyclic esters (lactones) is 2. The van der Waals surface area contributed by atoms with Gasteiger partial charge in [0.25, 0.3) is 0 Å². The fraction of sp³-hybridized carbons (Fsp3) is 0.750. The van der Waals surface area contributed by atoms with Crippen LogP contribution in [0.4, 0.5) is 0 Å². The van der Waals surface area contributed by atoms with Crippen molar-refractivity contribution in [3.63, 3.8) is 0 Å². The van der Waals surface area contributed by atoms with Crippen LogP contribution in [-0.4, -0.2) is 23.5 Å². The maximum Gasteiger partial charge on any atom is 0.340 e. The smallest absolute Gasteiger partial charge is 0.340 e. The summed E-state index contributed by atoms with van der Waals surface area (Å²) in [4.78, 5) is 23.6. The fourth-order valence-electron chi connectivity index (χ4n) is 3.89. The summed E-state index contributed by atoms with van der Waals surface area (Å²) in [5.74, 6) is -0.823. The van der Waals surface area contributed by atoms with Gasteiger partial charge in [-0.15, -0.1) is 0 Å². The molecule has 0 spiro atoms. The normalized spacial score (nSPS) is 20.1. The van der Waals surface area contributed by atoms with E-state index in [4.69, 9.17) is 18.9 Å². The maximum atomic E-state index is 12.1. The Hall–Kier alpha value is -1.98. The Morgan fingerprint density at radius 1 is 0.667 bits per heavy atom. The van der Waals surface area contributed by atoms with E-state index in [-0.39, 0.29) is 11.9 Å². The lowest BCUT2D eigenvalue weighted by atomic mass is 10.0. The van der Waals surface area contributed by atoms with Gasteiger partial charge in [0.15, 0.2) is 0 Å². The van der Waals surface area contributed by atoms with Crippen LogP contribution in [0.2, 0.25) is 0 Å². The quantitative estimate of drug-likeness (QED) is 0.281. The summed E-state index contributed by atoms with van der Waals surface area (Å²) in [6.45, 7) is 8.86. The summed E-state index contributed by atoms with van der Waals surface area (Å²) >= 11 is 0. The van der Waals surface area contributed by atoms with Crippen LogP contribution in [0.5, 0.6) is 0 Å². The van der Waals surface area contributed by atoms with Gasteiger partial charge in [-0.3, -0.25) is 0 Å². The van der Waals surface area contributed by atoms with Crippen LogP contribution in [0.15, 0.2) is 23.2 Å². The first-order valence-corrected chi connectivity index (χ1v) is 11.3. The molecule has 2 rings (SSSR count). The van der Waals surface area contributed by atoms with Crippen molar-refractivity contribution in [2.24, 2.45) is 0 Å². The number of rotatable bonds is 12. The Morgan fingerprint density at radius 3 is 1.70 bits per heavy atom. The summed E-state index contributed by atoms with van der Waals surface area (Å²) < 4.78 is 21.7. The van der Waals surface area contributed by atoms with Crippen LogP contribution in [0.3, 0.4) is 0 Å². The molecule has 0 aromatic rings. The maximum absolute atomic E-state index is 12.1. The Balaban J connectivity index is 1.46. The molecule has 0 aromatic heterocycles. The van der Waals surface area contributed by atoms with E-state index in [0.29, 0.717) is 11.3 Å². The SMILES string of the molecule is CC1=C(CCCCCCCCCCCC2=CC(=O)OC(C)(C)O2)C(=O)OC(C)(C)O1. The van der Waals surface area contributed by atoms with Crippen LogP contribution < -0.4 is 0 Å². The number of ether oxygens (including phenoxy) is 4. The van der Waals surface area contributed by atoms with Gasteiger partial charge in [-0.1, -0.05) is 44.9 Å². The highest BCUT2D eigenvalue weighted by Crippen LogP contribution is 2.29. The number of carbonyl (C=O) groups excluding carboxylic acids is 2. The molecule has 0 aromatic carbocycles. The molecule has 0 bridgehead atoms. The van der Waals surface area contributed by atoms with Gasteiger partial charge in [0, 0.05) is 34.1 Å². The van der Waals surface area contributed by atoms with Crippen molar-refractivity contribution in [1.29, 1.82) is 0 Å². The highest BCUT2D eigenvalue weighted by atomic mass is 16.7. The molecule has 0 atom stereocenters. The first-order valence-electron chi connectivity index (χ1n) is 11.3. The molecule has 0 fully saturated rings. The minimum Gasteiger partial charge on any atom is -0.457 e. The summed E-state index contributed by atoms with van der Waals surface area (Å²) in [5.41, 5.74) is 0.683. The molecule has 0 radical (unpaired) electrons. The molecule has 0 saturated carbocycles. The molecule has 0 unspecified atom stereocenters. The monoisotopic (exact) mass is 422 g/mol. The number of esters is 2. The molecule has 0 saturated heterocycles. The highest BCUT2D eigenvalue weighted by molar-refractivity contribution is 5.89. The zero-order chi connectivity index (χ0) is 22.2. The fourth-order valence-corrected chi connectivity index (χ4v) is 3.89. The van der Waals surface area contributed by atoms with Crippen molar-refractivity contribution in [2.75, 3.05) is 0 Å². The van der Waals surface area contributed by atoms with Gasteiger partial charge in [-0.05, 0) is 26.2 Å². The second-order valence-electron chi connectivity index (χ2n) is 9.14. The lowest BCUT2D eigenvalue weighted by Gasteiger charge is -2.32. The molecule has 30 heavy (non-hydrogen) atoms.